The van der Waals surface area contributed by atoms with Crippen molar-refractivity contribution in [1.29, 1.82) is 0 Å². The molecule has 0 aromatic rings. The number of rotatable bonds is 0. The summed E-state index contributed by atoms with van der Waals surface area (Å²) in [6.45, 7) is 4.28. The second-order valence-corrected chi connectivity index (χ2v) is 3.26. The fourth-order valence-corrected chi connectivity index (χ4v) is 0. The van der Waals surface area contributed by atoms with Crippen molar-refractivity contribution in [2.45, 2.75) is 18.6 Å². The van der Waals surface area contributed by atoms with E-state index in [9.17, 15) is 0 Å². The third-order valence-corrected chi connectivity index (χ3v) is 0. The van der Waals surface area contributed by atoms with Crippen LogP contribution in [0.5, 0.6) is 0 Å². The first kappa shape index (κ1) is 4.56. The first-order chi connectivity index (χ1) is 1.73. The summed E-state index contributed by atoms with van der Waals surface area (Å²) in [6, 6.07) is 0. The third kappa shape index (κ3) is 19.9. The third-order valence-electron chi connectivity index (χ3n) is 0. The molecule has 0 spiro atoms. The van der Waals surface area contributed by atoms with Crippen LogP contribution in [-0.2, 0) is 0 Å². The van der Waals surface area contributed by atoms with Crippen molar-refractivity contribution in [3.05, 3.63) is 0 Å². The van der Waals surface area contributed by atoms with E-state index in [0.717, 1.165) is 4.71 Å². The minimum absolute atomic E-state index is 0.771. The molecule has 1 heteroatoms. The molecule has 0 saturated heterocycles. The van der Waals surface area contributed by atoms with Crippen LogP contribution in [0.1, 0.15) is 13.8 Å². The Labute approximate surface area is 36.1 Å². The van der Waals surface area contributed by atoms with Crippen LogP contribution in [0.25, 0.3) is 0 Å². The summed E-state index contributed by atoms with van der Waals surface area (Å²) in [5.41, 5.74) is 0. The molecule has 0 rings (SSSR count). The summed E-state index contributed by atoms with van der Waals surface area (Å²) >= 11 is 2.53. The maximum absolute atomic E-state index is 2.53. The predicted octanol–water partition coefficient (Wildman–Crippen LogP) is 0.983. The Morgan fingerprint density at radius 2 is 1.50 bits per heavy atom. The van der Waals surface area contributed by atoms with Gasteiger partial charge in [-0.05, 0) is 0 Å². The molecule has 0 aromatic carbocycles. The zero-order valence-electron chi connectivity index (χ0n) is 3.02. The van der Waals surface area contributed by atoms with Gasteiger partial charge in [0.2, 0.25) is 0 Å². The average Bonchev–Trinajstić information content (AvgIpc) is 0.811. The number of hydrogen-bond donors (Lipinski definition) is 0. The maximum atomic E-state index is 2.53. The molecule has 0 N–H and O–H groups in total. The van der Waals surface area contributed by atoms with Gasteiger partial charge < -0.3 is 0 Å². The van der Waals surface area contributed by atoms with E-state index >= 15 is 0 Å². The van der Waals surface area contributed by atoms with Crippen LogP contribution in [0.3, 0.4) is 0 Å². The molecule has 4 heavy (non-hydrogen) atoms. The normalized spacial score (nSPS) is 9.00. The van der Waals surface area contributed by atoms with Gasteiger partial charge in [0.15, 0.2) is 0 Å². The molecule has 2 radical (unpaired) electrons. The van der Waals surface area contributed by atoms with Crippen LogP contribution in [0.2, 0.25) is 4.71 Å². The van der Waals surface area contributed by atoms with Crippen molar-refractivity contribution in [1.82, 2.24) is 0 Å². The van der Waals surface area contributed by atoms with Crippen molar-refractivity contribution in [2.75, 3.05) is 0 Å². The van der Waals surface area contributed by atoms with Crippen LogP contribution in [0.4, 0.5) is 0 Å². The number of hydrogen-bond acceptors (Lipinski definition) is 0. The van der Waals surface area contributed by atoms with Gasteiger partial charge in [0, 0.05) is 0 Å². The molecule has 0 nitrogen and oxygen atoms in total. The Hall–Kier alpha value is 0.558. The van der Waals surface area contributed by atoms with Crippen LogP contribution in [-0.4, -0.2) is 16.9 Å². The zero-order valence-corrected chi connectivity index (χ0v) is 4.90. The molecule has 0 aromatic heterocycles. The average molecular weight is 118 g/mol. The van der Waals surface area contributed by atoms with Gasteiger partial charge >= 0.3 is 35.4 Å². The SMILES string of the molecule is CC(C)[As]. The van der Waals surface area contributed by atoms with Gasteiger partial charge in [-0.15, -0.1) is 0 Å². The molecule has 24 valence electrons. The van der Waals surface area contributed by atoms with Gasteiger partial charge in [0.1, 0.15) is 0 Å². The van der Waals surface area contributed by atoms with E-state index in [-0.39, 0.29) is 0 Å². The van der Waals surface area contributed by atoms with E-state index in [4.69, 9.17) is 0 Å². The molecule has 0 atom stereocenters. The van der Waals surface area contributed by atoms with Crippen molar-refractivity contribution >= 4 is 16.9 Å². The summed E-state index contributed by atoms with van der Waals surface area (Å²) in [7, 11) is 0. The van der Waals surface area contributed by atoms with Crippen LogP contribution in [0.15, 0.2) is 0 Å². The van der Waals surface area contributed by atoms with Crippen molar-refractivity contribution in [3.63, 3.8) is 0 Å². The molecule has 0 heterocycles. The van der Waals surface area contributed by atoms with E-state index in [0.29, 0.717) is 0 Å². The molecular weight excluding hydrogens is 111 g/mol. The summed E-state index contributed by atoms with van der Waals surface area (Å²) in [4.78, 5) is 0. The molecule has 0 aliphatic rings. The monoisotopic (exact) mass is 118 g/mol. The van der Waals surface area contributed by atoms with E-state index < -0.39 is 0 Å². The van der Waals surface area contributed by atoms with E-state index in [1.54, 1.807) is 0 Å². The van der Waals surface area contributed by atoms with Crippen LogP contribution in [0, 0.1) is 0 Å². The van der Waals surface area contributed by atoms with Crippen molar-refractivity contribution in [2.24, 2.45) is 0 Å². The standard InChI is InChI=1S/C3H7As/c1-3(2)4/h3H,1-2H3. The van der Waals surface area contributed by atoms with Gasteiger partial charge in [-0.3, -0.25) is 0 Å². The molecular formula is C3H7As. The second kappa shape index (κ2) is 1.84. The molecule has 0 amide bonds. The second-order valence-electron chi connectivity index (χ2n) is 1.09. The minimum atomic E-state index is 0.771. The van der Waals surface area contributed by atoms with Gasteiger partial charge in [0.05, 0.1) is 0 Å². The Morgan fingerprint density at radius 1 is 1.50 bits per heavy atom. The molecule has 0 fully saturated rings. The Balaban J connectivity index is 2.32. The predicted molar refractivity (Wildman–Crippen MR) is 20.9 cm³/mol. The zero-order chi connectivity index (χ0) is 3.58. The van der Waals surface area contributed by atoms with E-state index in [1.165, 1.54) is 0 Å². The molecule has 0 saturated carbocycles. The van der Waals surface area contributed by atoms with Crippen molar-refractivity contribution < 1.29 is 0 Å². The fourth-order valence-electron chi connectivity index (χ4n) is 0. The summed E-state index contributed by atoms with van der Waals surface area (Å²) in [6.07, 6.45) is 0. The van der Waals surface area contributed by atoms with E-state index in [1.807, 2.05) is 0 Å². The molecule has 0 aliphatic carbocycles. The molecule has 0 aliphatic heterocycles. The summed E-state index contributed by atoms with van der Waals surface area (Å²) in [5, 5.41) is 0. The van der Waals surface area contributed by atoms with Crippen LogP contribution < -0.4 is 0 Å². The van der Waals surface area contributed by atoms with Gasteiger partial charge in [-0.2, -0.15) is 0 Å². The Morgan fingerprint density at radius 3 is 1.50 bits per heavy atom. The first-order valence-corrected chi connectivity index (χ1v) is 2.50. The quantitative estimate of drug-likeness (QED) is 0.416. The molecule has 0 unspecified atom stereocenters. The fraction of sp³-hybridized carbons (Fsp3) is 1.00. The van der Waals surface area contributed by atoms with Gasteiger partial charge in [0.25, 0.3) is 0 Å². The summed E-state index contributed by atoms with van der Waals surface area (Å²) in [5.74, 6) is 0. The van der Waals surface area contributed by atoms with Gasteiger partial charge in [-0.25, -0.2) is 0 Å². The van der Waals surface area contributed by atoms with Gasteiger partial charge in [-0.1, -0.05) is 0 Å². The van der Waals surface area contributed by atoms with Crippen molar-refractivity contribution in [3.8, 4) is 0 Å². The summed E-state index contributed by atoms with van der Waals surface area (Å²) < 4.78 is 0.771. The Bertz CT molecular complexity index is 8.00. The topological polar surface area (TPSA) is 0 Å². The van der Waals surface area contributed by atoms with Crippen LogP contribution >= 0.6 is 0 Å². The first-order valence-electron chi connectivity index (χ1n) is 1.41. The Kier molecular flexibility index (Phi) is 2.10. The molecule has 0 bridgehead atoms. The van der Waals surface area contributed by atoms with E-state index in [2.05, 4.69) is 30.7 Å².